The van der Waals surface area contributed by atoms with Crippen molar-refractivity contribution in [2.45, 2.75) is 44.6 Å². The second kappa shape index (κ2) is 7.74. The second-order valence-corrected chi connectivity index (χ2v) is 5.97. The third kappa shape index (κ3) is 5.83. The number of hydrogen-bond donors (Lipinski definition) is 1. The van der Waals surface area contributed by atoms with E-state index < -0.39 is 0 Å². The Morgan fingerprint density at radius 2 is 1.94 bits per heavy atom. The van der Waals surface area contributed by atoms with Gasteiger partial charge in [0.05, 0.1) is 0 Å². The van der Waals surface area contributed by atoms with Gasteiger partial charge in [0.1, 0.15) is 0 Å². The van der Waals surface area contributed by atoms with Crippen molar-refractivity contribution in [1.29, 1.82) is 0 Å². The summed E-state index contributed by atoms with van der Waals surface area (Å²) in [5, 5.41) is 0. The van der Waals surface area contributed by atoms with Gasteiger partial charge in [-0.1, -0.05) is 6.42 Å². The summed E-state index contributed by atoms with van der Waals surface area (Å²) in [5.74, 6) is 0.797. The lowest BCUT2D eigenvalue weighted by atomic mass is 9.84. The van der Waals surface area contributed by atoms with Crippen LogP contribution in [0.15, 0.2) is 0 Å². The Morgan fingerprint density at radius 1 is 1.22 bits per heavy atom. The zero-order valence-electron chi connectivity index (χ0n) is 12.2. The highest BCUT2D eigenvalue weighted by molar-refractivity contribution is 5.76. The number of nitrogens with zero attached hydrogens (tertiary/aromatic N) is 2. The first-order valence-corrected chi connectivity index (χ1v) is 7.13. The highest BCUT2D eigenvalue weighted by Gasteiger charge is 2.22. The highest BCUT2D eigenvalue weighted by Crippen LogP contribution is 2.26. The van der Waals surface area contributed by atoms with Crippen LogP contribution in [0.3, 0.4) is 0 Å². The third-order valence-corrected chi connectivity index (χ3v) is 3.81. The summed E-state index contributed by atoms with van der Waals surface area (Å²) >= 11 is 0. The molecule has 0 heterocycles. The van der Waals surface area contributed by atoms with Gasteiger partial charge in [0.15, 0.2) is 0 Å². The Labute approximate surface area is 111 Å². The topological polar surface area (TPSA) is 49.6 Å². The minimum Gasteiger partial charge on any atom is -0.346 e. The molecule has 4 heteroatoms. The number of carbonyl (C=O) groups excluding carboxylic acids is 1. The normalized spacial score (nSPS) is 24.3. The van der Waals surface area contributed by atoms with Gasteiger partial charge in [-0.15, -0.1) is 0 Å². The molecule has 0 aromatic carbocycles. The number of nitrogens with two attached hydrogens (primary N) is 1. The largest absolute Gasteiger partial charge is 0.346 e. The summed E-state index contributed by atoms with van der Waals surface area (Å²) in [6.07, 6.45) is 6.24. The van der Waals surface area contributed by atoms with E-state index in [2.05, 4.69) is 19.0 Å². The van der Waals surface area contributed by atoms with E-state index in [1.54, 1.807) is 0 Å². The smallest absolute Gasteiger partial charge is 0.222 e. The molecule has 1 aliphatic rings. The lowest BCUT2D eigenvalue weighted by Crippen LogP contribution is -2.34. The van der Waals surface area contributed by atoms with Crippen LogP contribution in [0.25, 0.3) is 0 Å². The van der Waals surface area contributed by atoms with Gasteiger partial charge < -0.3 is 15.5 Å². The van der Waals surface area contributed by atoms with Crippen LogP contribution in [0, 0.1) is 5.92 Å². The number of carbonyl (C=O) groups is 1. The number of rotatable bonds is 6. The molecule has 106 valence electrons. The molecule has 4 nitrogen and oxygen atoms in total. The maximum Gasteiger partial charge on any atom is 0.222 e. The zero-order valence-corrected chi connectivity index (χ0v) is 12.2. The van der Waals surface area contributed by atoms with E-state index in [-0.39, 0.29) is 5.91 Å². The molecular weight excluding hydrogens is 226 g/mol. The van der Waals surface area contributed by atoms with Gasteiger partial charge in [-0.3, -0.25) is 4.79 Å². The first kappa shape index (κ1) is 15.4. The van der Waals surface area contributed by atoms with Crippen molar-refractivity contribution in [3.05, 3.63) is 0 Å². The molecule has 1 rings (SSSR count). The van der Waals surface area contributed by atoms with Crippen molar-refractivity contribution in [3.8, 4) is 0 Å². The fourth-order valence-corrected chi connectivity index (χ4v) is 2.67. The summed E-state index contributed by atoms with van der Waals surface area (Å²) in [7, 11) is 6.04. The van der Waals surface area contributed by atoms with E-state index in [0.717, 1.165) is 32.4 Å². The average Bonchev–Trinajstić information content (AvgIpc) is 2.28. The monoisotopic (exact) mass is 255 g/mol. The van der Waals surface area contributed by atoms with Gasteiger partial charge in [0.25, 0.3) is 0 Å². The maximum absolute atomic E-state index is 12.1. The van der Waals surface area contributed by atoms with Gasteiger partial charge >= 0.3 is 0 Å². The van der Waals surface area contributed by atoms with Crippen LogP contribution in [0.2, 0.25) is 0 Å². The standard InChI is InChI=1S/C14H29N3O/c1-16(2)8-5-9-17(3)14(18)11-12-6-4-7-13(15)10-12/h12-13H,4-11,15H2,1-3H3. The predicted octanol–water partition coefficient (Wildman–Crippen LogP) is 1.30. The van der Waals surface area contributed by atoms with Crippen molar-refractivity contribution in [3.63, 3.8) is 0 Å². The molecule has 2 N–H and O–H groups in total. The maximum atomic E-state index is 12.1. The van der Waals surface area contributed by atoms with Crippen LogP contribution in [0.4, 0.5) is 0 Å². The molecule has 2 atom stereocenters. The number of amides is 1. The van der Waals surface area contributed by atoms with Gasteiger partial charge in [0.2, 0.25) is 5.91 Å². The van der Waals surface area contributed by atoms with Gasteiger partial charge in [-0.25, -0.2) is 0 Å². The second-order valence-electron chi connectivity index (χ2n) is 5.97. The van der Waals surface area contributed by atoms with Crippen LogP contribution in [0.5, 0.6) is 0 Å². The van der Waals surface area contributed by atoms with Crippen LogP contribution in [-0.4, -0.2) is 56.0 Å². The Bertz CT molecular complexity index is 255. The van der Waals surface area contributed by atoms with Crippen molar-refractivity contribution >= 4 is 5.91 Å². The summed E-state index contributed by atoms with van der Waals surface area (Å²) in [5.41, 5.74) is 5.96. The molecule has 0 aromatic rings. The van der Waals surface area contributed by atoms with Crippen molar-refractivity contribution < 1.29 is 4.79 Å². The Kier molecular flexibility index (Phi) is 6.65. The fourth-order valence-electron chi connectivity index (χ4n) is 2.67. The van der Waals surface area contributed by atoms with Crippen LogP contribution < -0.4 is 5.73 Å². The molecule has 0 aliphatic heterocycles. The Morgan fingerprint density at radius 3 is 2.56 bits per heavy atom. The molecule has 0 saturated heterocycles. The van der Waals surface area contributed by atoms with Crippen LogP contribution in [0.1, 0.15) is 38.5 Å². The van der Waals surface area contributed by atoms with Crippen LogP contribution in [-0.2, 0) is 4.79 Å². The quantitative estimate of drug-likeness (QED) is 0.778. The summed E-state index contributed by atoms with van der Waals surface area (Å²) in [4.78, 5) is 16.1. The lowest BCUT2D eigenvalue weighted by molar-refractivity contribution is -0.131. The van der Waals surface area contributed by atoms with Crippen molar-refractivity contribution in [1.82, 2.24) is 9.80 Å². The van der Waals surface area contributed by atoms with E-state index in [1.807, 2.05) is 11.9 Å². The van der Waals surface area contributed by atoms with Crippen LogP contribution >= 0.6 is 0 Å². The molecule has 0 bridgehead atoms. The molecule has 1 amide bonds. The highest BCUT2D eigenvalue weighted by atomic mass is 16.2. The Hall–Kier alpha value is -0.610. The summed E-state index contributed by atoms with van der Waals surface area (Å²) in [6.45, 7) is 1.89. The minimum atomic E-state index is 0.285. The van der Waals surface area contributed by atoms with E-state index in [0.29, 0.717) is 18.4 Å². The minimum absolute atomic E-state index is 0.285. The molecule has 0 radical (unpaired) electrons. The first-order valence-electron chi connectivity index (χ1n) is 7.13. The number of hydrogen-bond acceptors (Lipinski definition) is 3. The predicted molar refractivity (Wildman–Crippen MR) is 75.4 cm³/mol. The van der Waals surface area contributed by atoms with Crippen molar-refractivity contribution in [2.75, 3.05) is 34.2 Å². The SMILES string of the molecule is CN(C)CCCN(C)C(=O)CC1CCCC(N)C1. The van der Waals surface area contributed by atoms with Gasteiger partial charge in [0, 0.05) is 26.1 Å². The molecule has 1 aliphatic carbocycles. The van der Waals surface area contributed by atoms with E-state index in [9.17, 15) is 4.79 Å². The molecule has 18 heavy (non-hydrogen) atoms. The summed E-state index contributed by atoms with van der Waals surface area (Å²) in [6, 6.07) is 0.315. The molecule has 1 saturated carbocycles. The fraction of sp³-hybridized carbons (Fsp3) is 0.929. The Balaban J connectivity index is 2.22. The molecule has 2 unspecified atom stereocenters. The average molecular weight is 255 g/mol. The van der Waals surface area contributed by atoms with Crippen molar-refractivity contribution in [2.24, 2.45) is 11.7 Å². The van der Waals surface area contributed by atoms with Gasteiger partial charge in [-0.2, -0.15) is 0 Å². The summed E-state index contributed by atoms with van der Waals surface area (Å²) < 4.78 is 0. The molecule has 0 spiro atoms. The first-order chi connectivity index (χ1) is 8.49. The van der Waals surface area contributed by atoms with E-state index in [4.69, 9.17) is 5.73 Å². The zero-order chi connectivity index (χ0) is 13.5. The van der Waals surface area contributed by atoms with Gasteiger partial charge in [-0.05, 0) is 52.2 Å². The molecule has 0 aromatic heterocycles. The molecular formula is C14H29N3O. The lowest BCUT2D eigenvalue weighted by Gasteiger charge is -2.28. The third-order valence-electron chi connectivity index (χ3n) is 3.81. The molecule has 1 fully saturated rings. The van der Waals surface area contributed by atoms with E-state index in [1.165, 1.54) is 12.8 Å². The van der Waals surface area contributed by atoms with E-state index >= 15 is 0 Å².